The molecule has 1 saturated heterocycles. The molecule has 32 heavy (non-hydrogen) atoms. The molecule has 5 rings (SSSR count). The molecule has 1 N–H and O–H groups in total. The molecule has 0 unspecified atom stereocenters. The van der Waals surface area contributed by atoms with Gasteiger partial charge in [-0.15, -0.1) is 0 Å². The summed E-state index contributed by atoms with van der Waals surface area (Å²) in [6, 6.07) is 25.4. The normalized spacial score (nSPS) is 13.8. The number of carbonyl (C=O) groups excluding carboxylic acids is 1. The van der Waals surface area contributed by atoms with Gasteiger partial charge in [-0.3, -0.25) is 9.36 Å². The van der Waals surface area contributed by atoms with Gasteiger partial charge in [0.25, 0.3) is 5.91 Å². The second kappa shape index (κ2) is 8.77. The van der Waals surface area contributed by atoms with E-state index in [2.05, 4.69) is 5.32 Å². The van der Waals surface area contributed by atoms with Crippen molar-refractivity contribution in [2.75, 3.05) is 33.3 Å². The Bertz CT molecular complexity index is 1240. The molecule has 162 valence electrons. The molecule has 0 aliphatic carbocycles. The number of nitrogens with zero attached hydrogens (tertiary/aromatic N) is 2. The van der Waals surface area contributed by atoms with Crippen LogP contribution in [0, 0.1) is 0 Å². The molecular formula is C26H25N3O3. The fourth-order valence-electron chi connectivity index (χ4n) is 4.19. The maximum atomic E-state index is 13.8. The number of fused-ring (bicyclic) bond motifs is 1. The number of ether oxygens (including phenoxy) is 2. The zero-order chi connectivity index (χ0) is 21.9. The van der Waals surface area contributed by atoms with Gasteiger partial charge in [0.1, 0.15) is 5.56 Å². The number of amides is 1. The Morgan fingerprint density at radius 2 is 1.50 bits per heavy atom. The topological polar surface area (TPSA) is 55.7 Å². The lowest BCUT2D eigenvalue weighted by molar-refractivity contribution is 0.0735. The Balaban J connectivity index is 1.75. The number of hydrogen-bond donors (Lipinski definition) is 1. The molecule has 1 aliphatic rings. The molecule has 0 atom stereocenters. The van der Waals surface area contributed by atoms with Crippen LogP contribution in [0.3, 0.4) is 0 Å². The minimum Gasteiger partial charge on any atom is -0.493 e. The summed E-state index contributed by atoms with van der Waals surface area (Å²) in [6.45, 7) is 2.90. The van der Waals surface area contributed by atoms with Crippen LogP contribution in [-0.4, -0.2) is 48.7 Å². The third-order valence-electron chi connectivity index (χ3n) is 5.74. The Morgan fingerprint density at radius 3 is 2.25 bits per heavy atom. The van der Waals surface area contributed by atoms with E-state index in [1.807, 2.05) is 88.3 Å². The molecule has 2 heterocycles. The average molecular weight is 428 g/mol. The maximum Gasteiger partial charge on any atom is 0.260 e. The highest BCUT2D eigenvalue weighted by Crippen LogP contribution is 2.40. The van der Waals surface area contributed by atoms with Crippen LogP contribution in [0.2, 0.25) is 0 Å². The zero-order valence-electron chi connectivity index (χ0n) is 18.0. The summed E-state index contributed by atoms with van der Waals surface area (Å²) in [6.07, 6.45) is 0. The first-order chi connectivity index (χ1) is 15.8. The molecule has 1 amide bonds. The molecule has 0 spiro atoms. The summed E-state index contributed by atoms with van der Waals surface area (Å²) in [5.41, 5.74) is 2.41. The zero-order valence-corrected chi connectivity index (χ0v) is 18.0. The molecule has 6 heteroatoms. The predicted molar refractivity (Wildman–Crippen MR) is 125 cm³/mol. The highest BCUT2D eigenvalue weighted by molar-refractivity contribution is 6.10. The van der Waals surface area contributed by atoms with Gasteiger partial charge in [-0.2, -0.15) is 0 Å². The first-order valence-electron chi connectivity index (χ1n) is 10.8. The van der Waals surface area contributed by atoms with E-state index in [-0.39, 0.29) is 5.91 Å². The summed E-state index contributed by atoms with van der Waals surface area (Å²) in [5.74, 6) is 1.63. The lowest BCUT2D eigenvalue weighted by Gasteiger charge is -2.27. The number of benzene rings is 3. The molecule has 1 aliphatic heterocycles. The Hall–Kier alpha value is -3.77. The predicted octanol–water partition coefficient (Wildman–Crippen LogP) is 4.48. The van der Waals surface area contributed by atoms with Crippen LogP contribution in [-0.2, 0) is 0 Å². The molecule has 0 radical (unpaired) electrons. The van der Waals surface area contributed by atoms with Gasteiger partial charge in [0.2, 0.25) is 5.88 Å². The van der Waals surface area contributed by atoms with E-state index in [0.717, 1.165) is 29.7 Å². The van der Waals surface area contributed by atoms with Gasteiger partial charge >= 0.3 is 0 Å². The third kappa shape index (κ3) is 3.59. The molecule has 3 aromatic carbocycles. The van der Waals surface area contributed by atoms with Gasteiger partial charge in [0.05, 0.1) is 12.6 Å². The van der Waals surface area contributed by atoms with Crippen LogP contribution in [0.5, 0.6) is 17.4 Å². The smallest absolute Gasteiger partial charge is 0.260 e. The number of carbonyl (C=O) groups is 1. The van der Waals surface area contributed by atoms with Crippen molar-refractivity contribution in [3.8, 4) is 23.1 Å². The van der Waals surface area contributed by atoms with Crippen molar-refractivity contribution < 1.29 is 14.3 Å². The van der Waals surface area contributed by atoms with Gasteiger partial charge in [0.15, 0.2) is 11.5 Å². The van der Waals surface area contributed by atoms with Crippen molar-refractivity contribution in [2.45, 2.75) is 0 Å². The molecule has 0 saturated carbocycles. The third-order valence-corrected chi connectivity index (χ3v) is 5.74. The monoisotopic (exact) mass is 427 g/mol. The van der Waals surface area contributed by atoms with Crippen LogP contribution in [0.1, 0.15) is 10.4 Å². The number of para-hydroxylation sites is 4. The van der Waals surface area contributed by atoms with Gasteiger partial charge in [-0.1, -0.05) is 48.5 Å². The van der Waals surface area contributed by atoms with Crippen molar-refractivity contribution in [1.29, 1.82) is 0 Å². The molecule has 1 fully saturated rings. The van der Waals surface area contributed by atoms with Crippen LogP contribution >= 0.6 is 0 Å². The van der Waals surface area contributed by atoms with E-state index in [4.69, 9.17) is 9.47 Å². The van der Waals surface area contributed by atoms with Crippen LogP contribution in [0.15, 0.2) is 78.9 Å². The van der Waals surface area contributed by atoms with Crippen molar-refractivity contribution in [3.63, 3.8) is 0 Å². The fraction of sp³-hybridized carbons (Fsp3) is 0.192. The second-order valence-corrected chi connectivity index (χ2v) is 7.66. The summed E-state index contributed by atoms with van der Waals surface area (Å²) < 4.78 is 14.0. The maximum absolute atomic E-state index is 13.8. The summed E-state index contributed by atoms with van der Waals surface area (Å²) in [5, 5.41) is 4.18. The first kappa shape index (κ1) is 20.2. The highest BCUT2D eigenvalue weighted by atomic mass is 16.5. The van der Waals surface area contributed by atoms with E-state index in [0.29, 0.717) is 36.0 Å². The number of hydrogen-bond acceptors (Lipinski definition) is 4. The van der Waals surface area contributed by atoms with Gasteiger partial charge in [0, 0.05) is 37.3 Å². The lowest BCUT2D eigenvalue weighted by atomic mass is 10.1. The standard InChI is InChI=1S/C26H25N3O3/c1-31-22-13-7-8-14-23(22)32-26-24(25(30)28-17-15-27-16-18-28)20-11-5-6-12-21(20)29(26)19-9-3-2-4-10-19/h2-14,27H,15-18H2,1H3. The number of aromatic nitrogens is 1. The number of nitrogens with one attached hydrogen (secondary N) is 1. The summed E-state index contributed by atoms with van der Waals surface area (Å²) in [7, 11) is 1.61. The fourth-order valence-corrected chi connectivity index (χ4v) is 4.19. The Labute approximate surface area is 187 Å². The van der Waals surface area contributed by atoms with E-state index < -0.39 is 0 Å². The molecular weight excluding hydrogens is 402 g/mol. The van der Waals surface area contributed by atoms with Crippen LogP contribution in [0.25, 0.3) is 16.6 Å². The van der Waals surface area contributed by atoms with Crippen molar-refractivity contribution in [3.05, 3.63) is 84.4 Å². The number of piperazine rings is 1. The van der Waals surface area contributed by atoms with Crippen LogP contribution in [0.4, 0.5) is 0 Å². The molecule has 0 bridgehead atoms. The van der Waals surface area contributed by atoms with Gasteiger partial charge in [-0.05, 0) is 30.3 Å². The molecule has 4 aromatic rings. The minimum absolute atomic E-state index is 0.0257. The Kier molecular flexibility index (Phi) is 5.52. The van der Waals surface area contributed by atoms with Crippen LogP contribution < -0.4 is 14.8 Å². The second-order valence-electron chi connectivity index (χ2n) is 7.66. The van der Waals surface area contributed by atoms with E-state index in [9.17, 15) is 4.79 Å². The number of methoxy groups -OCH3 is 1. The molecule has 1 aromatic heterocycles. The number of rotatable bonds is 5. The van der Waals surface area contributed by atoms with Crippen molar-refractivity contribution in [1.82, 2.24) is 14.8 Å². The highest BCUT2D eigenvalue weighted by Gasteiger charge is 2.29. The van der Waals surface area contributed by atoms with Crippen molar-refractivity contribution >= 4 is 16.8 Å². The van der Waals surface area contributed by atoms with E-state index in [1.165, 1.54) is 0 Å². The summed E-state index contributed by atoms with van der Waals surface area (Å²) >= 11 is 0. The minimum atomic E-state index is -0.0257. The van der Waals surface area contributed by atoms with E-state index >= 15 is 0 Å². The average Bonchev–Trinajstić information content (AvgIpc) is 3.18. The van der Waals surface area contributed by atoms with E-state index in [1.54, 1.807) is 7.11 Å². The molecule has 6 nitrogen and oxygen atoms in total. The summed E-state index contributed by atoms with van der Waals surface area (Å²) in [4.78, 5) is 15.7. The quantitative estimate of drug-likeness (QED) is 0.510. The SMILES string of the molecule is COc1ccccc1Oc1c(C(=O)N2CCNCC2)c2ccccc2n1-c1ccccc1. The largest absolute Gasteiger partial charge is 0.493 e. The lowest BCUT2D eigenvalue weighted by Crippen LogP contribution is -2.46. The van der Waals surface area contributed by atoms with Gasteiger partial charge in [-0.25, -0.2) is 0 Å². The first-order valence-corrected chi connectivity index (χ1v) is 10.8. The Morgan fingerprint density at radius 1 is 0.844 bits per heavy atom. The van der Waals surface area contributed by atoms with Crippen molar-refractivity contribution in [2.24, 2.45) is 0 Å². The van der Waals surface area contributed by atoms with Gasteiger partial charge < -0.3 is 19.7 Å².